The maximum absolute atomic E-state index is 12.4. The Kier molecular flexibility index (Phi) is 6.86. The van der Waals surface area contributed by atoms with Crippen LogP contribution in [0.1, 0.15) is 12.0 Å². The molecule has 0 saturated heterocycles. The van der Waals surface area contributed by atoms with E-state index in [1.165, 1.54) is 24.1 Å². The summed E-state index contributed by atoms with van der Waals surface area (Å²) in [6.45, 7) is 0.551. The molecule has 4 rings (SSSR count). The molecule has 1 amide bonds. The first-order valence-corrected chi connectivity index (χ1v) is 12.0. The zero-order valence-electron chi connectivity index (χ0n) is 15.5. The van der Waals surface area contributed by atoms with E-state index in [0.717, 1.165) is 11.0 Å². The van der Waals surface area contributed by atoms with E-state index in [0.29, 0.717) is 28.6 Å². The van der Waals surface area contributed by atoms with Crippen LogP contribution < -0.4 is 5.43 Å². The molecule has 4 nitrogen and oxygen atoms in total. The van der Waals surface area contributed by atoms with Crippen molar-refractivity contribution in [1.82, 2.24) is 9.99 Å². The van der Waals surface area contributed by atoms with Crippen LogP contribution in [0.2, 0.25) is 10.0 Å². The Bertz CT molecular complexity index is 1220. The van der Waals surface area contributed by atoms with Crippen molar-refractivity contribution in [2.24, 2.45) is 5.10 Å². The second-order valence-electron chi connectivity index (χ2n) is 6.65. The van der Waals surface area contributed by atoms with Crippen LogP contribution >= 0.6 is 68.4 Å². The molecule has 0 unspecified atom stereocenters. The van der Waals surface area contributed by atoms with Crippen molar-refractivity contribution in [2.45, 2.75) is 13.0 Å². The summed E-state index contributed by atoms with van der Waals surface area (Å²) in [4.78, 5) is 12.4. The van der Waals surface area contributed by atoms with Gasteiger partial charge in [0.1, 0.15) is 0 Å². The first-order chi connectivity index (χ1) is 14.4. The van der Waals surface area contributed by atoms with E-state index in [2.05, 4.69) is 96.7 Å². The Balaban J connectivity index is 1.53. The molecule has 3 aromatic carbocycles. The summed E-state index contributed by atoms with van der Waals surface area (Å²) in [5.74, 6) is -0.180. The molecule has 0 aliphatic carbocycles. The predicted molar refractivity (Wildman–Crippen MR) is 142 cm³/mol. The van der Waals surface area contributed by atoms with Gasteiger partial charge in [0.05, 0.1) is 16.3 Å². The smallest absolute Gasteiger partial charge is 0.241 e. The number of amides is 1. The minimum atomic E-state index is -0.180. The van der Waals surface area contributed by atoms with Crippen molar-refractivity contribution in [3.63, 3.8) is 0 Å². The average Bonchev–Trinajstić information content (AvgIpc) is 3.01. The van der Waals surface area contributed by atoms with Crippen LogP contribution in [0.4, 0.5) is 0 Å². The van der Waals surface area contributed by atoms with Crippen molar-refractivity contribution in [3.8, 4) is 0 Å². The molecule has 0 radical (unpaired) electrons. The third-order valence-corrected chi connectivity index (χ3v) is 6.74. The van der Waals surface area contributed by atoms with E-state index in [1.807, 2.05) is 0 Å². The largest absolute Gasteiger partial charge is 0.340 e. The second kappa shape index (κ2) is 9.42. The number of rotatable bonds is 5. The highest BCUT2D eigenvalue weighted by Gasteiger charge is 2.12. The number of nitrogens with one attached hydrogen (secondary N) is 1. The molecule has 1 aromatic heterocycles. The highest BCUT2D eigenvalue weighted by atomic mass is 127. The molecule has 0 spiro atoms. The highest BCUT2D eigenvalue weighted by Crippen LogP contribution is 2.31. The van der Waals surface area contributed by atoms with Gasteiger partial charge in [0.25, 0.3) is 0 Å². The van der Waals surface area contributed by atoms with Crippen LogP contribution in [0.15, 0.2) is 59.7 Å². The lowest BCUT2D eigenvalue weighted by Crippen LogP contribution is -2.19. The van der Waals surface area contributed by atoms with Crippen LogP contribution in [0, 0.1) is 7.14 Å². The van der Waals surface area contributed by atoms with Gasteiger partial charge in [-0.1, -0.05) is 29.3 Å². The number of benzene rings is 3. The number of fused-ring (bicyclic) bond motifs is 3. The van der Waals surface area contributed by atoms with Crippen LogP contribution in [0.5, 0.6) is 0 Å². The normalized spacial score (nSPS) is 11.6. The van der Waals surface area contributed by atoms with Crippen molar-refractivity contribution < 1.29 is 4.79 Å². The van der Waals surface area contributed by atoms with Crippen molar-refractivity contribution in [1.29, 1.82) is 0 Å². The van der Waals surface area contributed by atoms with E-state index < -0.39 is 0 Å². The topological polar surface area (TPSA) is 46.4 Å². The Labute approximate surface area is 210 Å². The standard InChI is InChI=1S/C22H15Cl2I2N3O/c23-18-2-1-3-19(24)17(18)12-27-28-22(30)8-9-29-20-6-4-13(25)10-15(20)16-11-14(26)5-7-21(16)29/h1-7,10-12H,8-9H2,(H,28,30)/b27-12-. The van der Waals surface area contributed by atoms with Gasteiger partial charge in [0.15, 0.2) is 0 Å². The fraction of sp³-hybridized carbons (Fsp3) is 0.0909. The van der Waals surface area contributed by atoms with Gasteiger partial charge in [0.2, 0.25) is 5.91 Å². The van der Waals surface area contributed by atoms with Gasteiger partial charge in [0, 0.05) is 47.5 Å². The number of halogens is 4. The molecule has 0 bridgehead atoms. The molecular weight excluding hydrogens is 647 g/mol. The lowest BCUT2D eigenvalue weighted by Gasteiger charge is -2.07. The zero-order chi connectivity index (χ0) is 21.3. The Morgan fingerprint density at radius 2 is 1.53 bits per heavy atom. The molecule has 8 heteroatoms. The van der Waals surface area contributed by atoms with E-state index >= 15 is 0 Å². The second-order valence-corrected chi connectivity index (χ2v) is 9.96. The van der Waals surface area contributed by atoms with Crippen molar-refractivity contribution in [2.75, 3.05) is 0 Å². The van der Waals surface area contributed by atoms with Gasteiger partial charge in [-0.3, -0.25) is 4.79 Å². The quantitative estimate of drug-likeness (QED) is 0.142. The number of hydrogen-bond donors (Lipinski definition) is 1. The molecule has 1 N–H and O–H groups in total. The molecular formula is C22H15Cl2I2N3O. The molecule has 152 valence electrons. The maximum Gasteiger partial charge on any atom is 0.241 e. The van der Waals surface area contributed by atoms with Crippen molar-refractivity contribution in [3.05, 3.63) is 77.3 Å². The van der Waals surface area contributed by atoms with Gasteiger partial charge >= 0.3 is 0 Å². The molecule has 1 heterocycles. The number of carbonyl (C=O) groups is 1. The summed E-state index contributed by atoms with van der Waals surface area (Å²) in [6.07, 6.45) is 1.76. The number of carbonyl (C=O) groups excluding carboxylic acids is 1. The lowest BCUT2D eigenvalue weighted by atomic mass is 10.2. The van der Waals surface area contributed by atoms with E-state index in [-0.39, 0.29) is 5.91 Å². The number of aryl methyl sites for hydroxylation is 1. The fourth-order valence-corrected chi connectivity index (χ4v) is 4.84. The molecule has 0 fully saturated rings. The first kappa shape index (κ1) is 21.9. The van der Waals surface area contributed by atoms with Gasteiger partial charge in [-0.15, -0.1) is 0 Å². The Morgan fingerprint density at radius 1 is 0.967 bits per heavy atom. The summed E-state index contributed by atoms with van der Waals surface area (Å²) in [6, 6.07) is 18.0. The molecule has 4 aromatic rings. The van der Waals surface area contributed by atoms with Crippen LogP contribution in [0.3, 0.4) is 0 Å². The summed E-state index contributed by atoms with van der Waals surface area (Å²) >= 11 is 16.9. The third-order valence-electron chi connectivity index (χ3n) is 4.73. The number of aromatic nitrogens is 1. The minimum Gasteiger partial charge on any atom is -0.340 e. The summed E-state index contributed by atoms with van der Waals surface area (Å²) in [5.41, 5.74) is 5.37. The van der Waals surface area contributed by atoms with Gasteiger partial charge in [-0.25, -0.2) is 5.43 Å². The number of nitrogens with zero attached hydrogens (tertiary/aromatic N) is 2. The third kappa shape index (κ3) is 4.61. The summed E-state index contributed by atoms with van der Waals surface area (Å²) in [7, 11) is 0. The van der Waals surface area contributed by atoms with E-state index in [4.69, 9.17) is 23.2 Å². The van der Waals surface area contributed by atoms with E-state index in [1.54, 1.807) is 18.2 Å². The molecule has 0 atom stereocenters. The number of hydrazone groups is 1. The first-order valence-electron chi connectivity index (χ1n) is 9.07. The minimum absolute atomic E-state index is 0.180. The van der Waals surface area contributed by atoms with Gasteiger partial charge in [-0.2, -0.15) is 5.10 Å². The monoisotopic (exact) mass is 661 g/mol. The number of hydrogen-bond acceptors (Lipinski definition) is 2. The Hall–Kier alpha value is -1.36. The summed E-state index contributed by atoms with van der Waals surface area (Å²) < 4.78 is 4.55. The zero-order valence-corrected chi connectivity index (χ0v) is 21.3. The molecule has 30 heavy (non-hydrogen) atoms. The van der Waals surface area contributed by atoms with Gasteiger partial charge < -0.3 is 4.57 Å². The molecule has 0 saturated carbocycles. The molecule has 0 aliphatic heterocycles. The predicted octanol–water partition coefficient (Wildman–Crippen LogP) is 6.85. The molecule has 0 aliphatic rings. The average molecular weight is 662 g/mol. The lowest BCUT2D eigenvalue weighted by molar-refractivity contribution is -0.121. The Morgan fingerprint density at radius 3 is 2.10 bits per heavy atom. The fourth-order valence-electron chi connectivity index (χ4n) is 3.36. The summed E-state index contributed by atoms with van der Waals surface area (Å²) in [5, 5.41) is 7.36. The van der Waals surface area contributed by atoms with Crippen LogP contribution in [0.25, 0.3) is 21.8 Å². The SMILES string of the molecule is O=C(CCn1c2ccc(I)cc2c2cc(I)ccc21)N/N=C\c1c(Cl)cccc1Cl. The van der Waals surface area contributed by atoms with Crippen molar-refractivity contribution >= 4 is 102 Å². The van der Waals surface area contributed by atoms with Crippen LogP contribution in [-0.4, -0.2) is 16.7 Å². The van der Waals surface area contributed by atoms with E-state index in [9.17, 15) is 4.79 Å². The maximum atomic E-state index is 12.4. The van der Waals surface area contributed by atoms with Crippen LogP contribution in [-0.2, 0) is 11.3 Å². The van der Waals surface area contributed by atoms with Gasteiger partial charge in [-0.05, 0) is 93.7 Å². The highest BCUT2D eigenvalue weighted by molar-refractivity contribution is 14.1.